The summed E-state index contributed by atoms with van der Waals surface area (Å²) < 4.78 is 3.49. The number of benzene rings is 1. The van der Waals surface area contributed by atoms with Crippen molar-refractivity contribution in [3.8, 4) is 0 Å². The fourth-order valence-electron chi connectivity index (χ4n) is 3.41. The molecule has 1 atom stereocenters. The van der Waals surface area contributed by atoms with Crippen molar-refractivity contribution in [2.75, 3.05) is 10.6 Å². The van der Waals surface area contributed by atoms with Gasteiger partial charge in [-0.15, -0.1) is 0 Å². The number of carbonyl (C=O) groups is 2. The highest BCUT2D eigenvalue weighted by Gasteiger charge is 2.19. The predicted octanol–water partition coefficient (Wildman–Crippen LogP) is 4.20. The van der Waals surface area contributed by atoms with E-state index in [1.165, 1.54) is 0 Å². The van der Waals surface area contributed by atoms with Crippen LogP contribution in [0.25, 0.3) is 0 Å². The first-order valence-corrected chi connectivity index (χ1v) is 10.5. The normalized spacial score (nSPS) is 11.9. The Bertz CT molecular complexity index is 1120. The van der Waals surface area contributed by atoms with E-state index in [-0.39, 0.29) is 18.2 Å². The Morgan fingerprint density at radius 2 is 1.68 bits per heavy atom. The highest BCUT2D eigenvalue weighted by molar-refractivity contribution is 6.34. The van der Waals surface area contributed by atoms with Crippen LogP contribution in [0.3, 0.4) is 0 Å². The van der Waals surface area contributed by atoms with Crippen LogP contribution in [-0.4, -0.2) is 31.4 Å². The molecule has 0 aliphatic carbocycles. The summed E-state index contributed by atoms with van der Waals surface area (Å²) in [5.41, 5.74) is 4.74. The van der Waals surface area contributed by atoms with Crippen LogP contribution < -0.4 is 10.6 Å². The highest BCUT2D eigenvalue weighted by Crippen LogP contribution is 2.26. The molecule has 0 aliphatic rings. The largest absolute Gasteiger partial charge is 0.326 e. The minimum atomic E-state index is -0.487. The zero-order valence-electron chi connectivity index (χ0n) is 18.4. The van der Waals surface area contributed by atoms with Crippen molar-refractivity contribution in [2.45, 2.75) is 53.6 Å². The van der Waals surface area contributed by atoms with Crippen LogP contribution in [-0.2, 0) is 16.1 Å². The first kappa shape index (κ1) is 22.6. The lowest BCUT2D eigenvalue weighted by atomic mass is 10.2. The summed E-state index contributed by atoms with van der Waals surface area (Å²) in [4.78, 5) is 24.9. The molecule has 31 heavy (non-hydrogen) atoms. The Morgan fingerprint density at radius 1 is 1.00 bits per heavy atom. The SMILES string of the molecule is Cc1cc(C)n(CCC(=O)Nc2ccc(NC(=O)C(C)n3nc(C)cc3C)c(Cl)c2)n1. The average molecular weight is 443 g/mol. The molecular weight excluding hydrogens is 416 g/mol. The second-order valence-electron chi connectivity index (χ2n) is 7.68. The Labute approximate surface area is 186 Å². The van der Waals surface area contributed by atoms with Gasteiger partial charge in [0.1, 0.15) is 6.04 Å². The number of amides is 2. The summed E-state index contributed by atoms with van der Waals surface area (Å²) >= 11 is 6.34. The molecule has 2 amide bonds. The third-order valence-corrected chi connectivity index (χ3v) is 5.27. The Hall–Kier alpha value is -3.13. The van der Waals surface area contributed by atoms with E-state index in [0.29, 0.717) is 22.9 Å². The molecular formula is C22H27ClN6O2. The summed E-state index contributed by atoms with van der Waals surface area (Å²) in [6, 6.07) is 8.40. The third-order valence-electron chi connectivity index (χ3n) is 4.96. The molecule has 1 unspecified atom stereocenters. The maximum Gasteiger partial charge on any atom is 0.248 e. The summed E-state index contributed by atoms with van der Waals surface area (Å²) in [5.74, 6) is -0.367. The molecule has 2 N–H and O–H groups in total. The van der Waals surface area contributed by atoms with E-state index in [4.69, 9.17) is 11.6 Å². The zero-order chi connectivity index (χ0) is 22.7. The van der Waals surface area contributed by atoms with Crippen LogP contribution in [0.15, 0.2) is 30.3 Å². The molecule has 1 aromatic carbocycles. The number of nitrogens with zero attached hydrogens (tertiary/aromatic N) is 4. The second kappa shape index (κ2) is 9.34. The first-order chi connectivity index (χ1) is 14.6. The molecule has 3 rings (SSSR count). The minimum Gasteiger partial charge on any atom is -0.326 e. The van der Waals surface area contributed by atoms with Crippen LogP contribution >= 0.6 is 11.6 Å². The molecule has 8 nitrogen and oxygen atoms in total. The van der Waals surface area contributed by atoms with Gasteiger partial charge in [-0.3, -0.25) is 19.0 Å². The molecule has 164 valence electrons. The molecule has 0 saturated carbocycles. The Balaban J connectivity index is 1.59. The fraction of sp³-hybridized carbons (Fsp3) is 0.364. The topological polar surface area (TPSA) is 93.8 Å². The van der Waals surface area contributed by atoms with Crippen LogP contribution in [0.4, 0.5) is 11.4 Å². The first-order valence-electron chi connectivity index (χ1n) is 10.1. The van der Waals surface area contributed by atoms with E-state index in [9.17, 15) is 9.59 Å². The van der Waals surface area contributed by atoms with Crippen molar-refractivity contribution in [1.29, 1.82) is 0 Å². The van der Waals surface area contributed by atoms with Gasteiger partial charge in [0.25, 0.3) is 0 Å². The number of aromatic nitrogens is 4. The van der Waals surface area contributed by atoms with Gasteiger partial charge < -0.3 is 10.6 Å². The molecule has 0 bridgehead atoms. The van der Waals surface area contributed by atoms with Crippen LogP contribution in [0.5, 0.6) is 0 Å². The van der Waals surface area contributed by atoms with Gasteiger partial charge in [-0.25, -0.2) is 0 Å². The van der Waals surface area contributed by atoms with E-state index in [1.54, 1.807) is 29.8 Å². The highest BCUT2D eigenvalue weighted by atomic mass is 35.5. The van der Waals surface area contributed by atoms with Gasteiger partial charge in [-0.2, -0.15) is 10.2 Å². The van der Waals surface area contributed by atoms with E-state index in [2.05, 4.69) is 20.8 Å². The van der Waals surface area contributed by atoms with E-state index in [1.807, 2.05) is 44.5 Å². The summed E-state index contributed by atoms with van der Waals surface area (Å²) in [7, 11) is 0. The smallest absolute Gasteiger partial charge is 0.248 e. The molecule has 0 fully saturated rings. The zero-order valence-corrected chi connectivity index (χ0v) is 19.1. The minimum absolute atomic E-state index is 0.140. The molecule has 0 radical (unpaired) electrons. The Kier molecular flexibility index (Phi) is 6.80. The van der Waals surface area contributed by atoms with Gasteiger partial charge in [-0.1, -0.05) is 11.6 Å². The summed E-state index contributed by atoms with van der Waals surface area (Å²) in [5, 5.41) is 14.7. The van der Waals surface area contributed by atoms with Crippen molar-refractivity contribution in [1.82, 2.24) is 19.6 Å². The fourth-order valence-corrected chi connectivity index (χ4v) is 3.64. The number of aryl methyl sites for hydroxylation is 5. The second-order valence-corrected chi connectivity index (χ2v) is 8.09. The molecule has 3 aromatic rings. The maximum absolute atomic E-state index is 12.6. The van der Waals surface area contributed by atoms with Gasteiger partial charge in [0.05, 0.1) is 22.1 Å². The molecule has 2 heterocycles. The van der Waals surface area contributed by atoms with Crippen molar-refractivity contribution >= 4 is 34.8 Å². The number of carbonyl (C=O) groups excluding carboxylic acids is 2. The lowest BCUT2D eigenvalue weighted by Crippen LogP contribution is -2.25. The molecule has 0 aliphatic heterocycles. The Morgan fingerprint density at radius 3 is 2.26 bits per heavy atom. The molecule has 0 saturated heterocycles. The van der Waals surface area contributed by atoms with Crippen molar-refractivity contribution < 1.29 is 9.59 Å². The van der Waals surface area contributed by atoms with Crippen LogP contribution in [0, 0.1) is 27.7 Å². The number of nitrogens with one attached hydrogen (secondary N) is 2. The predicted molar refractivity (Wildman–Crippen MR) is 121 cm³/mol. The maximum atomic E-state index is 12.6. The van der Waals surface area contributed by atoms with Crippen molar-refractivity contribution in [2.24, 2.45) is 0 Å². The molecule has 9 heteroatoms. The van der Waals surface area contributed by atoms with Gasteiger partial charge in [0, 0.05) is 30.0 Å². The molecule has 0 spiro atoms. The average Bonchev–Trinajstić information content (AvgIpc) is 3.20. The molecule has 2 aromatic heterocycles. The third kappa shape index (κ3) is 5.52. The van der Waals surface area contributed by atoms with Crippen molar-refractivity contribution in [3.05, 3.63) is 58.1 Å². The lowest BCUT2D eigenvalue weighted by Gasteiger charge is -2.16. The summed E-state index contributed by atoms with van der Waals surface area (Å²) in [6.07, 6.45) is 0.290. The van der Waals surface area contributed by atoms with Crippen molar-refractivity contribution in [3.63, 3.8) is 0 Å². The number of halogens is 1. The standard InChI is InChI=1S/C22H27ClN6O2/c1-13-10-15(3)28(26-13)9-8-21(30)24-18-6-7-20(19(23)12-18)25-22(31)17(5)29-16(4)11-14(2)27-29/h6-7,10-12,17H,8-9H2,1-5H3,(H,24,30)(H,25,31). The van der Waals surface area contributed by atoms with E-state index in [0.717, 1.165) is 22.8 Å². The van der Waals surface area contributed by atoms with Gasteiger partial charge >= 0.3 is 0 Å². The van der Waals surface area contributed by atoms with Crippen LogP contribution in [0.2, 0.25) is 5.02 Å². The van der Waals surface area contributed by atoms with E-state index < -0.39 is 6.04 Å². The number of hydrogen-bond acceptors (Lipinski definition) is 4. The number of rotatable bonds is 7. The van der Waals surface area contributed by atoms with Gasteiger partial charge in [-0.05, 0) is 65.0 Å². The van der Waals surface area contributed by atoms with E-state index >= 15 is 0 Å². The lowest BCUT2D eigenvalue weighted by molar-refractivity contribution is -0.119. The number of hydrogen-bond donors (Lipinski definition) is 2. The number of anilines is 2. The monoisotopic (exact) mass is 442 g/mol. The van der Waals surface area contributed by atoms with Gasteiger partial charge in [0.15, 0.2) is 0 Å². The van der Waals surface area contributed by atoms with Gasteiger partial charge in [0.2, 0.25) is 11.8 Å². The summed E-state index contributed by atoms with van der Waals surface area (Å²) in [6.45, 7) is 9.94. The quantitative estimate of drug-likeness (QED) is 0.573. The van der Waals surface area contributed by atoms with Crippen LogP contribution in [0.1, 0.15) is 42.2 Å².